The number of methoxy groups -OCH3 is 1. The molecule has 134 valence electrons. The normalized spacial score (nSPS) is 11.7. The maximum atomic E-state index is 12.2. The van der Waals surface area contributed by atoms with Crippen LogP contribution in [0.25, 0.3) is 0 Å². The number of carbonyl (C=O) groups is 1. The van der Waals surface area contributed by atoms with E-state index in [-0.39, 0.29) is 5.91 Å². The molecule has 2 aromatic carbocycles. The first kappa shape index (κ1) is 19.3. The van der Waals surface area contributed by atoms with E-state index in [9.17, 15) is 4.79 Å². The molecule has 2 aromatic rings. The second-order valence-electron chi connectivity index (χ2n) is 5.79. The number of hydrogen-bond donors (Lipinski definition) is 2. The Morgan fingerprint density at radius 3 is 2.68 bits per heavy atom. The summed E-state index contributed by atoms with van der Waals surface area (Å²) in [5.41, 5.74) is 1.88. The number of nitrogens with one attached hydrogen (secondary N) is 2. The number of amides is 1. The summed E-state index contributed by atoms with van der Waals surface area (Å²) in [4.78, 5) is 13.3. The Hall–Kier alpha value is -2.05. The van der Waals surface area contributed by atoms with Crippen LogP contribution in [0.2, 0.25) is 0 Å². The Morgan fingerprint density at radius 1 is 1.20 bits per heavy atom. The predicted molar refractivity (Wildman–Crippen MR) is 102 cm³/mol. The molecule has 6 heteroatoms. The molecule has 5 nitrogen and oxygen atoms in total. The number of quaternary nitrogens is 1. The van der Waals surface area contributed by atoms with Crippen molar-refractivity contribution in [3.8, 4) is 11.5 Å². The van der Waals surface area contributed by atoms with Gasteiger partial charge < -0.3 is 19.7 Å². The van der Waals surface area contributed by atoms with Crippen molar-refractivity contribution < 1.29 is 19.2 Å². The fourth-order valence-corrected chi connectivity index (χ4v) is 2.95. The molecule has 2 rings (SSSR count). The van der Waals surface area contributed by atoms with Crippen LogP contribution in [0.15, 0.2) is 46.9 Å². The maximum Gasteiger partial charge on any atom is 0.279 e. The van der Waals surface area contributed by atoms with E-state index in [1.54, 1.807) is 7.11 Å². The standard InChI is InChI=1S/C19H23BrN2O3/c1-4-25-17-9-8-14(10-18(17)24-3)12-22(2)13-19(23)21-16-7-5-6-15(20)11-16/h5-11H,4,12-13H2,1-3H3,(H,21,23)/p+1. The third kappa shape index (κ3) is 6.07. The minimum Gasteiger partial charge on any atom is -0.493 e. The predicted octanol–water partition coefficient (Wildman–Crippen LogP) is 2.51. The fourth-order valence-electron chi connectivity index (χ4n) is 2.55. The quantitative estimate of drug-likeness (QED) is 0.706. The van der Waals surface area contributed by atoms with E-state index >= 15 is 0 Å². The van der Waals surface area contributed by atoms with E-state index in [0.29, 0.717) is 25.4 Å². The molecule has 0 aromatic heterocycles. The van der Waals surface area contributed by atoms with Gasteiger partial charge in [-0.3, -0.25) is 4.79 Å². The van der Waals surface area contributed by atoms with Gasteiger partial charge in [-0.05, 0) is 43.3 Å². The van der Waals surface area contributed by atoms with Gasteiger partial charge >= 0.3 is 0 Å². The molecule has 2 N–H and O–H groups in total. The van der Waals surface area contributed by atoms with Crippen molar-refractivity contribution in [3.63, 3.8) is 0 Å². The Morgan fingerprint density at radius 2 is 2.00 bits per heavy atom. The van der Waals surface area contributed by atoms with E-state index in [4.69, 9.17) is 9.47 Å². The number of benzene rings is 2. The molecular weight excluding hydrogens is 384 g/mol. The van der Waals surface area contributed by atoms with Gasteiger partial charge in [0.05, 0.1) is 20.8 Å². The van der Waals surface area contributed by atoms with Gasteiger partial charge in [0.25, 0.3) is 5.91 Å². The zero-order valence-electron chi connectivity index (χ0n) is 14.8. The van der Waals surface area contributed by atoms with Crippen LogP contribution in [-0.2, 0) is 11.3 Å². The van der Waals surface area contributed by atoms with Crippen LogP contribution in [0.3, 0.4) is 0 Å². The van der Waals surface area contributed by atoms with Crippen LogP contribution in [0.4, 0.5) is 5.69 Å². The van der Waals surface area contributed by atoms with Crippen LogP contribution in [0.1, 0.15) is 12.5 Å². The lowest BCUT2D eigenvalue weighted by atomic mass is 10.2. The molecule has 0 spiro atoms. The highest BCUT2D eigenvalue weighted by atomic mass is 79.9. The number of anilines is 1. The highest BCUT2D eigenvalue weighted by molar-refractivity contribution is 9.10. The molecule has 0 aliphatic rings. The first-order valence-corrected chi connectivity index (χ1v) is 8.97. The topological polar surface area (TPSA) is 52.0 Å². The summed E-state index contributed by atoms with van der Waals surface area (Å²) in [6, 6.07) is 13.4. The third-order valence-electron chi connectivity index (χ3n) is 3.60. The number of halogens is 1. The second kappa shape index (κ2) is 9.44. The van der Waals surface area contributed by atoms with Crippen molar-refractivity contribution in [1.82, 2.24) is 0 Å². The number of ether oxygens (including phenoxy) is 2. The van der Waals surface area contributed by atoms with E-state index in [1.807, 2.05) is 56.4 Å². The molecule has 0 aliphatic heterocycles. The summed E-state index contributed by atoms with van der Waals surface area (Å²) in [6.45, 7) is 3.63. The first-order valence-electron chi connectivity index (χ1n) is 8.18. The van der Waals surface area contributed by atoms with E-state index < -0.39 is 0 Å². The molecule has 1 unspecified atom stereocenters. The van der Waals surface area contributed by atoms with Gasteiger partial charge in [0.15, 0.2) is 18.0 Å². The summed E-state index contributed by atoms with van der Waals surface area (Å²) >= 11 is 3.40. The SMILES string of the molecule is CCOc1ccc(C[NH+](C)CC(=O)Nc2cccc(Br)c2)cc1OC. The lowest BCUT2D eigenvalue weighted by molar-refractivity contribution is -0.885. The van der Waals surface area contributed by atoms with Crippen molar-refractivity contribution in [1.29, 1.82) is 0 Å². The Kier molecular flexibility index (Phi) is 7.28. The molecule has 0 aliphatic carbocycles. The number of likely N-dealkylation sites (N-methyl/N-ethyl adjacent to an activating group) is 1. The summed E-state index contributed by atoms with van der Waals surface area (Å²) in [5, 5.41) is 2.91. The van der Waals surface area contributed by atoms with Gasteiger partial charge in [0.1, 0.15) is 6.54 Å². The summed E-state index contributed by atoms with van der Waals surface area (Å²) < 4.78 is 11.8. The van der Waals surface area contributed by atoms with Crippen LogP contribution in [-0.4, -0.2) is 33.2 Å². The highest BCUT2D eigenvalue weighted by Gasteiger charge is 2.13. The fraction of sp³-hybridized carbons (Fsp3) is 0.316. The molecule has 0 radical (unpaired) electrons. The average Bonchev–Trinajstić information content (AvgIpc) is 2.56. The van der Waals surface area contributed by atoms with Gasteiger partial charge in [0.2, 0.25) is 0 Å². The summed E-state index contributed by atoms with van der Waals surface area (Å²) in [6.07, 6.45) is 0. The molecule has 0 heterocycles. The molecule has 0 saturated carbocycles. The molecule has 0 saturated heterocycles. The highest BCUT2D eigenvalue weighted by Crippen LogP contribution is 2.27. The lowest BCUT2D eigenvalue weighted by Gasteiger charge is -2.16. The van der Waals surface area contributed by atoms with Gasteiger partial charge in [-0.15, -0.1) is 0 Å². The van der Waals surface area contributed by atoms with Crippen LogP contribution in [0, 0.1) is 0 Å². The van der Waals surface area contributed by atoms with Crippen LogP contribution >= 0.6 is 15.9 Å². The molecular formula is C19H24BrN2O3+. The van der Waals surface area contributed by atoms with Crippen molar-refractivity contribution >= 4 is 27.5 Å². The van der Waals surface area contributed by atoms with Gasteiger partial charge in [0, 0.05) is 15.7 Å². The molecule has 25 heavy (non-hydrogen) atoms. The molecule has 1 amide bonds. The van der Waals surface area contributed by atoms with E-state index in [2.05, 4.69) is 21.2 Å². The van der Waals surface area contributed by atoms with Crippen molar-refractivity contribution in [2.24, 2.45) is 0 Å². The molecule has 0 bridgehead atoms. The minimum absolute atomic E-state index is 0.0199. The lowest BCUT2D eigenvalue weighted by Crippen LogP contribution is -3.08. The van der Waals surface area contributed by atoms with Gasteiger partial charge in [-0.25, -0.2) is 0 Å². The molecule has 1 atom stereocenters. The minimum atomic E-state index is -0.0199. The number of carbonyl (C=O) groups excluding carboxylic acids is 1. The summed E-state index contributed by atoms with van der Waals surface area (Å²) in [7, 11) is 3.62. The Labute approximate surface area is 157 Å². The summed E-state index contributed by atoms with van der Waals surface area (Å²) in [5.74, 6) is 1.43. The Bertz CT molecular complexity index is 722. The monoisotopic (exact) mass is 407 g/mol. The smallest absolute Gasteiger partial charge is 0.279 e. The number of hydrogen-bond acceptors (Lipinski definition) is 3. The second-order valence-corrected chi connectivity index (χ2v) is 6.70. The third-order valence-corrected chi connectivity index (χ3v) is 4.10. The first-order chi connectivity index (χ1) is 12.0. The number of rotatable bonds is 8. The zero-order chi connectivity index (χ0) is 18.2. The van der Waals surface area contributed by atoms with Crippen molar-refractivity contribution in [2.75, 3.05) is 32.6 Å². The van der Waals surface area contributed by atoms with Crippen LogP contribution in [0.5, 0.6) is 11.5 Å². The Balaban J connectivity index is 1.93. The van der Waals surface area contributed by atoms with Crippen LogP contribution < -0.4 is 19.7 Å². The van der Waals surface area contributed by atoms with Gasteiger partial charge in [-0.2, -0.15) is 0 Å². The average molecular weight is 408 g/mol. The van der Waals surface area contributed by atoms with E-state index in [1.165, 1.54) is 0 Å². The van der Waals surface area contributed by atoms with Crippen molar-refractivity contribution in [2.45, 2.75) is 13.5 Å². The maximum absolute atomic E-state index is 12.2. The van der Waals surface area contributed by atoms with E-state index in [0.717, 1.165) is 26.4 Å². The van der Waals surface area contributed by atoms with Crippen molar-refractivity contribution in [3.05, 3.63) is 52.5 Å². The van der Waals surface area contributed by atoms with Gasteiger partial charge in [-0.1, -0.05) is 22.0 Å². The largest absolute Gasteiger partial charge is 0.493 e. The molecule has 0 fully saturated rings. The zero-order valence-corrected chi connectivity index (χ0v) is 16.4.